The number of hydrogen-bond acceptors (Lipinski definition) is 5. The van der Waals surface area contributed by atoms with Crippen LogP contribution in [0.1, 0.15) is 162 Å². The van der Waals surface area contributed by atoms with Crippen LogP contribution in [0.2, 0.25) is 0 Å². The van der Waals surface area contributed by atoms with Crippen LogP contribution in [0.4, 0.5) is 0 Å². The Morgan fingerprint density at radius 1 is 0.442 bits per heavy atom. The summed E-state index contributed by atoms with van der Waals surface area (Å²) >= 11 is 0. The Labute approximate surface area is 320 Å². The van der Waals surface area contributed by atoms with Crippen molar-refractivity contribution in [3.05, 3.63) is 97.2 Å². The van der Waals surface area contributed by atoms with Crippen LogP contribution in [-0.4, -0.2) is 37.9 Å². The van der Waals surface area contributed by atoms with Gasteiger partial charge in [-0.2, -0.15) is 0 Å². The smallest absolute Gasteiger partial charge is 0.306 e. The van der Waals surface area contributed by atoms with Crippen molar-refractivity contribution in [3.8, 4) is 0 Å². The number of rotatable bonds is 36. The molecule has 0 heterocycles. The summed E-state index contributed by atoms with van der Waals surface area (Å²) in [5, 5.41) is 0. The average Bonchev–Trinajstić information content (AvgIpc) is 3.14. The molecule has 0 aliphatic carbocycles. The minimum Gasteiger partial charge on any atom is -0.462 e. The summed E-state index contributed by atoms with van der Waals surface area (Å²) in [6, 6.07) is 0. The zero-order valence-electron chi connectivity index (χ0n) is 33.5. The summed E-state index contributed by atoms with van der Waals surface area (Å²) in [5.74, 6) is -0.480. The minimum absolute atomic E-state index is 0.0466. The highest BCUT2D eigenvalue weighted by Gasteiger charge is 2.17. The second-order valence-electron chi connectivity index (χ2n) is 13.1. The van der Waals surface area contributed by atoms with Crippen molar-refractivity contribution in [2.75, 3.05) is 19.8 Å². The molecule has 294 valence electrons. The van der Waals surface area contributed by atoms with Gasteiger partial charge in [0.15, 0.2) is 6.10 Å². The molecule has 0 aliphatic heterocycles. The van der Waals surface area contributed by atoms with E-state index in [1.54, 1.807) is 0 Å². The third kappa shape index (κ3) is 39.6. The topological polar surface area (TPSA) is 61.8 Å². The molecule has 1 unspecified atom stereocenters. The predicted molar refractivity (Wildman–Crippen MR) is 223 cm³/mol. The van der Waals surface area contributed by atoms with E-state index in [-0.39, 0.29) is 25.2 Å². The van der Waals surface area contributed by atoms with Crippen molar-refractivity contribution in [3.63, 3.8) is 0 Å². The molecule has 0 aromatic heterocycles. The van der Waals surface area contributed by atoms with E-state index in [9.17, 15) is 9.59 Å². The van der Waals surface area contributed by atoms with E-state index in [2.05, 4.69) is 118 Å². The molecule has 0 saturated carbocycles. The van der Waals surface area contributed by atoms with Crippen molar-refractivity contribution in [1.29, 1.82) is 0 Å². The third-order valence-corrected chi connectivity index (χ3v) is 8.12. The number of hydrogen-bond donors (Lipinski definition) is 0. The van der Waals surface area contributed by atoms with Gasteiger partial charge in [-0.25, -0.2) is 0 Å². The van der Waals surface area contributed by atoms with E-state index in [0.717, 1.165) is 116 Å². The van der Waals surface area contributed by atoms with Gasteiger partial charge in [0, 0.05) is 19.4 Å². The molecule has 52 heavy (non-hydrogen) atoms. The fraction of sp³-hybridized carbons (Fsp3) is 0.617. The molecule has 5 heteroatoms. The van der Waals surface area contributed by atoms with E-state index in [4.69, 9.17) is 14.2 Å². The lowest BCUT2D eigenvalue weighted by Crippen LogP contribution is -2.30. The van der Waals surface area contributed by atoms with Gasteiger partial charge in [-0.1, -0.05) is 150 Å². The Morgan fingerprint density at radius 3 is 1.37 bits per heavy atom. The van der Waals surface area contributed by atoms with Crippen LogP contribution in [-0.2, 0) is 23.8 Å². The molecular formula is C47H76O5. The lowest BCUT2D eigenvalue weighted by Gasteiger charge is -2.18. The summed E-state index contributed by atoms with van der Waals surface area (Å²) in [6.07, 6.45) is 55.8. The highest BCUT2D eigenvalue weighted by atomic mass is 16.6. The Morgan fingerprint density at radius 2 is 0.865 bits per heavy atom. The normalized spacial score (nSPS) is 13.2. The third-order valence-electron chi connectivity index (χ3n) is 8.12. The first-order valence-electron chi connectivity index (χ1n) is 20.8. The Balaban J connectivity index is 4.24. The highest BCUT2D eigenvalue weighted by molar-refractivity contribution is 5.70. The van der Waals surface area contributed by atoms with Crippen molar-refractivity contribution in [2.45, 2.75) is 168 Å². The zero-order valence-corrected chi connectivity index (χ0v) is 33.5. The molecule has 0 bridgehead atoms. The van der Waals surface area contributed by atoms with Gasteiger partial charge in [-0.05, 0) is 96.3 Å². The average molecular weight is 721 g/mol. The summed E-state index contributed by atoms with van der Waals surface area (Å²) < 4.78 is 17.1. The molecule has 0 fully saturated rings. The molecule has 5 nitrogen and oxygen atoms in total. The molecule has 0 aromatic carbocycles. The molecule has 0 N–H and O–H groups in total. The lowest BCUT2D eigenvalue weighted by molar-refractivity contribution is -0.163. The Kier molecular flexibility index (Phi) is 39.7. The molecule has 0 amide bonds. The van der Waals surface area contributed by atoms with Crippen LogP contribution in [0.25, 0.3) is 0 Å². The van der Waals surface area contributed by atoms with E-state index in [0.29, 0.717) is 19.4 Å². The first-order valence-corrected chi connectivity index (χ1v) is 20.8. The second-order valence-corrected chi connectivity index (χ2v) is 13.1. The molecule has 0 radical (unpaired) electrons. The van der Waals surface area contributed by atoms with Crippen LogP contribution in [0.5, 0.6) is 0 Å². The number of allylic oxidation sites excluding steroid dienone is 16. The molecule has 0 saturated heterocycles. The molecule has 0 spiro atoms. The van der Waals surface area contributed by atoms with Gasteiger partial charge in [-0.15, -0.1) is 0 Å². The number of unbranched alkanes of at least 4 members (excludes halogenated alkanes) is 9. The summed E-state index contributed by atoms with van der Waals surface area (Å²) in [5.41, 5.74) is 0. The van der Waals surface area contributed by atoms with E-state index < -0.39 is 6.10 Å². The van der Waals surface area contributed by atoms with Gasteiger partial charge < -0.3 is 14.2 Å². The van der Waals surface area contributed by atoms with E-state index in [1.165, 1.54) is 12.8 Å². The monoisotopic (exact) mass is 721 g/mol. The lowest BCUT2D eigenvalue weighted by atomic mass is 10.1. The quantitative estimate of drug-likeness (QED) is 0.0366. The van der Waals surface area contributed by atoms with Crippen LogP contribution in [0.15, 0.2) is 97.2 Å². The summed E-state index contributed by atoms with van der Waals surface area (Å²) in [4.78, 5) is 24.9. The fourth-order valence-corrected chi connectivity index (χ4v) is 5.08. The molecule has 0 aromatic rings. The largest absolute Gasteiger partial charge is 0.462 e. The SMILES string of the molecule is CC/C=C\C/C=C\C/C=C\C/C=C\C/C=C\CCCCOCC(COC(=O)CCCCC/C=C\C/C=C\C/C=C\CC)OC(=O)CCCCCCC. The van der Waals surface area contributed by atoms with Gasteiger partial charge >= 0.3 is 11.9 Å². The number of esters is 2. The van der Waals surface area contributed by atoms with Crippen molar-refractivity contribution < 1.29 is 23.8 Å². The summed E-state index contributed by atoms with van der Waals surface area (Å²) in [7, 11) is 0. The highest BCUT2D eigenvalue weighted by Crippen LogP contribution is 2.10. The van der Waals surface area contributed by atoms with Crippen molar-refractivity contribution in [2.24, 2.45) is 0 Å². The summed E-state index contributed by atoms with van der Waals surface area (Å²) in [6.45, 7) is 7.36. The maximum Gasteiger partial charge on any atom is 0.306 e. The standard InChI is InChI=1S/C47H76O5/c1-4-7-10-13-15-17-19-21-22-23-24-25-27-29-31-33-36-39-42-50-43-45(52-47(49)41-38-34-12-9-6-3)44-51-46(48)40-37-35-32-30-28-26-20-18-16-14-11-8-5-2/h7-8,10-11,15-18,21-22,24-26,28-29,31,45H,4-6,9,12-14,19-20,23,27,30,32-44H2,1-3H3/b10-7-,11-8-,17-15-,18-16-,22-21-,25-24-,28-26-,31-29-. The van der Waals surface area contributed by atoms with Gasteiger partial charge in [0.2, 0.25) is 0 Å². The van der Waals surface area contributed by atoms with Crippen LogP contribution < -0.4 is 0 Å². The maximum absolute atomic E-state index is 12.5. The molecule has 0 rings (SSSR count). The Hall–Kier alpha value is -3.18. The van der Waals surface area contributed by atoms with Gasteiger partial charge in [0.25, 0.3) is 0 Å². The predicted octanol–water partition coefficient (Wildman–Crippen LogP) is 13.5. The van der Waals surface area contributed by atoms with Crippen molar-refractivity contribution >= 4 is 11.9 Å². The fourth-order valence-electron chi connectivity index (χ4n) is 5.08. The van der Waals surface area contributed by atoms with Crippen molar-refractivity contribution in [1.82, 2.24) is 0 Å². The zero-order chi connectivity index (χ0) is 37.8. The first-order chi connectivity index (χ1) is 25.6. The van der Waals surface area contributed by atoms with Gasteiger partial charge in [0.1, 0.15) is 6.61 Å². The van der Waals surface area contributed by atoms with Crippen LogP contribution in [0.3, 0.4) is 0 Å². The minimum atomic E-state index is -0.570. The molecular weight excluding hydrogens is 645 g/mol. The van der Waals surface area contributed by atoms with Crippen LogP contribution in [0, 0.1) is 0 Å². The van der Waals surface area contributed by atoms with Gasteiger partial charge in [0.05, 0.1) is 6.61 Å². The number of carbonyl (C=O) groups is 2. The van der Waals surface area contributed by atoms with E-state index >= 15 is 0 Å². The maximum atomic E-state index is 12.5. The molecule has 1 atom stereocenters. The van der Waals surface area contributed by atoms with Crippen LogP contribution >= 0.6 is 0 Å². The second kappa shape index (κ2) is 42.2. The number of carbonyl (C=O) groups excluding carboxylic acids is 2. The number of ether oxygens (including phenoxy) is 3. The molecule has 0 aliphatic rings. The first kappa shape index (κ1) is 48.8. The Bertz CT molecular complexity index is 1040. The van der Waals surface area contributed by atoms with Gasteiger partial charge in [-0.3, -0.25) is 9.59 Å². The van der Waals surface area contributed by atoms with E-state index in [1.807, 2.05) is 0 Å².